The summed E-state index contributed by atoms with van der Waals surface area (Å²) < 4.78 is 0. The topological polar surface area (TPSA) is 67.2 Å². The smallest absolute Gasteiger partial charge is 0.243 e. The first-order valence-electron chi connectivity index (χ1n) is 5.20. The predicted molar refractivity (Wildman–Crippen MR) is 66.4 cm³/mol. The Morgan fingerprint density at radius 2 is 2.41 bits per heavy atom. The molecule has 0 saturated carbocycles. The molecule has 3 heterocycles. The third kappa shape index (κ3) is 1.84. The fourth-order valence-corrected chi connectivity index (χ4v) is 2.86. The molecule has 1 fully saturated rings. The molecule has 6 heteroatoms. The molecule has 1 N–H and O–H groups in total. The summed E-state index contributed by atoms with van der Waals surface area (Å²) in [5.41, 5.74) is 3.29. The van der Waals surface area contributed by atoms with E-state index in [0.29, 0.717) is 6.42 Å². The maximum atomic E-state index is 11.8. The van der Waals surface area contributed by atoms with Crippen molar-refractivity contribution in [2.75, 3.05) is 5.75 Å². The van der Waals surface area contributed by atoms with Gasteiger partial charge in [-0.15, -0.1) is 11.8 Å². The van der Waals surface area contributed by atoms with Crippen molar-refractivity contribution in [1.82, 2.24) is 15.3 Å². The second-order valence-electron chi connectivity index (χ2n) is 3.92. The van der Waals surface area contributed by atoms with E-state index < -0.39 is 0 Å². The van der Waals surface area contributed by atoms with Crippen molar-refractivity contribution in [2.24, 2.45) is 4.99 Å². The lowest BCUT2D eigenvalue weighted by Crippen LogP contribution is -2.42. The highest BCUT2D eigenvalue weighted by atomic mass is 32.2. The second kappa shape index (κ2) is 3.96. The second-order valence-corrected chi connectivity index (χ2v) is 5.01. The zero-order valence-corrected chi connectivity index (χ0v) is 9.83. The number of aliphatic imine (C=N–C) groups is 1. The van der Waals surface area contributed by atoms with Gasteiger partial charge >= 0.3 is 0 Å². The van der Waals surface area contributed by atoms with Gasteiger partial charge in [0.1, 0.15) is 17.3 Å². The van der Waals surface area contributed by atoms with Crippen molar-refractivity contribution < 1.29 is 4.79 Å². The SMILES string of the molecule is C=C1CSC(C2=Nc3cncnc3C2)C(=O)N1. The van der Waals surface area contributed by atoms with E-state index in [0.717, 1.165) is 28.5 Å². The summed E-state index contributed by atoms with van der Waals surface area (Å²) >= 11 is 1.56. The number of nitrogens with one attached hydrogen (secondary N) is 1. The van der Waals surface area contributed by atoms with Gasteiger partial charge in [-0.1, -0.05) is 6.58 Å². The van der Waals surface area contributed by atoms with E-state index in [9.17, 15) is 4.79 Å². The molecule has 2 aliphatic rings. The molecule has 1 atom stereocenters. The van der Waals surface area contributed by atoms with Crippen LogP contribution < -0.4 is 5.32 Å². The lowest BCUT2D eigenvalue weighted by atomic mass is 10.1. The van der Waals surface area contributed by atoms with Crippen LogP contribution in [-0.4, -0.2) is 32.6 Å². The summed E-state index contributed by atoms with van der Waals surface area (Å²) in [5.74, 6) is 0.697. The van der Waals surface area contributed by atoms with Crippen LogP contribution in [0, 0.1) is 0 Å². The van der Waals surface area contributed by atoms with E-state index in [1.165, 1.54) is 6.33 Å². The summed E-state index contributed by atoms with van der Waals surface area (Å²) in [7, 11) is 0. The molecule has 1 amide bonds. The molecular weight excluding hydrogens is 236 g/mol. The Labute approximate surface area is 102 Å². The van der Waals surface area contributed by atoms with Crippen LogP contribution in [0.15, 0.2) is 29.8 Å². The number of hydrogen-bond donors (Lipinski definition) is 1. The van der Waals surface area contributed by atoms with Gasteiger partial charge in [0.2, 0.25) is 5.91 Å². The molecule has 0 aliphatic carbocycles. The number of amides is 1. The van der Waals surface area contributed by atoms with E-state index in [4.69, 9.17) is 0 Å². The molecule has 17 heavy (non-hydrogen) atoms. The molecule has 1 saturated heterocycles. The molecule has 86 valence electrons. The van der Waals surface area contributed by atoms with E-state index in [1.807, 2.05) is 0 Å². The fraction of sp³-hybridized carbons (Fsp3) is 0.273. The minimum atomic E-state index is -0.227. The van der Waals surface area contributed by atoms with E-state index >= 15 is 0 Å². The Morgan fingerprint density at radius 1 is 1.53 bits per heavy atom. The molecule has 2 aliphatic heterocycles. The Hall–Kier alpha value is -1.69. The van der Waals surface area contributed by atoms with Crippen LogP contribution in [0.2, 0.25) is 0 Å². The minimum Gasteiger partial charge on any atom is -0.328 e. The van der Waals surface area contributed by atoms with Crippen molar-refractivity contribution in [3.05, 3.63) is 30.5 Å². The first-order chi connectivity index (χ1) is 8.24. The van der Waals surface area contributed by atoms with Crippen molar-refractivity contribution in [2.45, 2.75) is 11.7 Å². The summed E-state index contributed by atoms with van der Waals surface area (Å²) in [6.45, 7) is 3.75. The van der Waals surface area contributed by atoms with E-state index in [2.05, 4.69) is 26.9 Å². The molecule has 3 rings (SSSR count). The van der Waals surface area contributed by atoms with Gasteiger partial charge in [-0.05, 0) is 0 Å². The van der Waals surface area contributed by atoms with Crippen molar-refractivity contribution in [3.63, 3.8) is 0 Å². The average molecular weight is 246 g/mol. The number of thioether (sulfide) groups is 1. The van der Waals surface area contributed by atoms with Crippen LogP contribution in [0.5, 0.6) is 0 Å². The highest BCUT2D eigenvalue weighted by molar-refractivity contribution is 8.01. The quantitative estimate of drug-likeness (QED) is 0.797. The number of hydrogen-bond acceptors (Lipinski definition) is 5. The number of carbonyl (C=O) groups excluding carboxylic acids is 1. The van der Waals surface area contributed by atoms with Crippen molar-refractivity contribution in [1.29, 1.82) is 0 Å². The lowest BCUT2D eigenvalue weighted by molar-refractivity contribution is -0.118. The van der Waals surface area contributed by atoms with Gasteiger partial charge in [0, 0.05) is 23.6 Å². The fourth-order valence-electron chi connectivity index (χ4n) is 1.88. The van der Waals surface area contributed by atoms with E-state index in [-0.39, 0.29) is 11.2 Å². The predicted octanol–water partition coefficient (Wildman–Crippen LogP) is 0.850. The third-order valence-corrected chi connectivity index (χ3v) is 3.98. The van der Waals surface area contributed by atoms with Gasteiger partial charge in [-0.3, -0.25) is 9.79 Å². The molecule has 1 aromatic rings. The monoisotopic (exact) mass is 246 g/mol. The van der Waals surface area contributed by atoms with Gasteiger partial charge in [0.25, 0.3) is 0 Å². The maximum Gasteiger partial charge on any atom is 0.243 e. The summed E-state index contributed by atoms with van der Waals surface area (Å²) in [6, 6.07) is 0. The van der Waals surface area contributed by atoms with Crippen molar-refractivity contribution >= 4 is 29.1 Å². The first-order valence-corrected chi connectivity index (χ1v) is 6.25. The standard InChI is InChI=1S/C11H10N4OS/c1-6-4-17-10(11(16)14-6)8-2-7-9(15-8)3-12-5-13-7/h3,5,10H,1-2,4H2,(H,14,16). The van der Waals surface area contributed by atoms with Crippen LogP contribution in [0.3, 0.4) is 0 Å². The van der Waals surface area contributed by atoms with Crippen LogP contribution in [0.4, 0.5) is 5.69 Å². The van der Waals surface area contributed by atoms with Crippen LogP contribution >= 0.6 is 11.8 Å². The molecule has 0 radical (unpaired) electrons. The van der Waals surface area contributed by atoms with Gasteiger partial charge in [0.05, 0.1) is 11.9 Å². The molecule has 0 spiro atoms. The Kier molecular flexibility index (Phi) is 2.44. The molecule has 0 bridgehead atoms. The minimum absolute atomic E-state index is 0.0363. The molecular formula is C11H10N4OS. The average Bonchev–Trinajstić information content (AvgIpc) is 2.72. The van der Waals surface area contributed by atoms with E-state index in [1.54, 1.807) is 18.0 Å². The summed E-state index contributed by atoms with van der Waals surface area (Å²) in [6.07, 6.45) is 3.82. The molecule has 1 aromatic heterocycles. The number of aromatic nitrogens is 2. The number of nitrogens with zero attached hydrogens (tertiary/aromatic N) is 3. The van der Waals surface area contributed by atoms with Crippen molar-refractivity contribution in [3.8, 4) is 0 Å². The van der Waals surface area contributed by atoms with Crippen LogP contribution in [-0.2, 0) is 11.2 Å². The highest BCUT2D eigenvalue weighted by Gasteiger charge is 2.32. The van der Waals surface area contributed by atoms with Gasteiger partial charge < -0.3 is 5.32 Å². The zero-order chi connectivity index (χ0) is 11.8. The number of fused-ring (bicyclic) bond motifs is 1. The number of rotatable bonds is 1. The van der Waals surface area contributed by atoms with Crippen LogP contribution in [0.1, 0.15) is 5.69 Å². The molecule has 1 unspecified atom stereocenters. The summed E-state index contributed by atoms with van der Waals surface area (Å²) in [4.78, 5) is 24.4. The van der Waals surface area contributed by atoms with Gasteiger partial charge in [0.15, 0.2) is 0 Å². The molecule has 5 nitrogen and oxygen atoms in total. The molecule has 0 aromatic carbocycles. The number of carbonyl (C=O) groups is 1. The Morgan fingerprint density at radius 3 is 3.18 bits per heavy atom. The first kappa shape index (κ1) is 10.5. The zero-order valence-electron chi connectivity index (χ0n) is 9.01. The normalized spacial score (nSPS) is 23.1. The van der Waals surface area contributed by atoms with Gasteiger partial charge in [-0.2, -0.15) is 0 Å². The Bertz CT molecular complexity index is 540. The largest absolute Gasteiger partial charge is 0.328 e. The van der Waals surface area contributed by atoms with Crippen LogP contribution in [0.25, 0.3) is 0 Å². The summed E-state index contributed by atoms with van der Waals surface area (Å²) in [5, 5.41) is 2.53. The third-order valence-electron chi connectivity index (χ3n) is 2.65. The Balaban J connectivity index is 1.84. The lowest BCUT2D eigenvalue weighted by Gasteiger charge is -2.22. The van der Waals surface area contributed by atoms with Gasteiger partial charge in [-0.25, -0.2) is 9.97 Å². The highest BCUT2D eigenvalue weighted by Crippen LogP contribution is 2.29. The maximum absolute atomic E-state index is 11.8.